The normalized spacial score (nSPS) is 14.0. The van der Waals surface area contributed by atoms with E-state index < -0.39 is 6.10 Å². The summed E-state index contributed by atoms with van der Waals surface area (Å²) in [6.07, 6.45) is 0.847. The summed E-state index contributed by atoms with van der Waals surface area (Å²) in [7, 11) is 1.64. The number of benzene rings is 1. The first-order valence-electron chi connectivity index (χ1n) is 6.77. The van der Waals surface area contributed by atoms with Crippen LogP contribution >= 0.6 is 0 Å². The first-order valence-corrected chi connectivity index (χ1v) is 6.77. The van der Waals surface area contributed by atoms with Crippen molar-refractivity contribution < 1.29 is 14.4 Å². The quantitative estimate of drug-likeness (QED) is 0.878. The van der Waals surface area contributed by atoms with E-state index in [1.807, 2.05) is 31.2 Å². The van der Waals surface area contributed by atoms with Gasteiger partial charge in [0.1, 0.15) is 5.75 Å². The van der Waals surface area contributed by atoms with Gasteiger partial charge in [-0.05, 0) is 31.0 Å². The van der Waals surface area contributed by atoms with Crippen LogP contribution in [0.5, 0.6) is 5.75 Å². The Kier molecular flexibility index (Phi) is 4.74. The van der Waals surface area contributed by atoms with Crippen LogP contribution in [0, 0.1) is 0 Å². The van der Waals surface area contributed by atoms with Crippen LogP contribution in [0.15, 0.2) is 28.8 Å². The second-order valence-corrected chi connectivity index (χ2v) is 4.83. The van der Waals surface area contributed by atoms with E-state index in [1.54, 1.807) is 14.0 Å². The molecular weight excluding hydrogens is 256 g/mol. The first-order chi connectivity index (χ1) is 9.63. The number of aliphatic hydroxyl groups excluding tert-OH is 1. The fourth-order valence-corrected chi connectivity index (χ4v) is 2.18. The second-order valence-electron chi connectivity index (χ2n) is 4.83. The molecule has 0 saturated heterocycles. The van der Waals surface area contributed by atoms with Crippen molar-refractivity contribution in [2.75, 3.05) is 7.11 Å². The van der Waals surface area contributed by atoms with Gasteiger partial charge >= 0.3 is 0 Å². The Labute approximate surface area is 118 Å². The smallest absolute Gasteiger partial charge is 0.232 e. The predicted octanol–water partition coefficient (Wildman–Crippen LogP) is 2.54. The highest BCUT2D eigenvalue weighted by molar-refractivity contribution is 5.30. The molecule has 0 amide bonds. The molecule has 2 aromatic rings. The highest BCUT2D eigenvalue weighted by Crippen LogP contribution is 2.22. The number of aliphatic hydroxyl groups is 1. The van der Waals surface area contributed by atoms with E-state index in [0.29, 0.717) is 18.1 Å². The summed E-state index contributed by atoms with van der Waals surface area (Å²) in [5, 5.41) is 13.7. The molecule has 5 heteroatoms. The van der Waals surface area contributed by atoms with Gasteiger partial charge in [-0.3, -0.25) is 0 Å². The molecule has 2 atom stereocenters. The molecule has 1 heterocycles. The average Bonchev–Trinajstić information content (AvgIpc) is 2.87. The SMILES string of the molecule is CCC(c1nc(Cc2cccc(OC)c2)no1)C(C)O. The van der Waals surface area contributed by atoms with Crippen LogP contribution in [-0.2, 0) is 6.42 Å². The molecule has 1 aromatic heterocycles. The Bertz CT molecular complexity index is 552. The minimum absolute atomic E-state index is 0.110. The summed E-state index contributed by atoms with van der Waals surface area (Å²) in [6.45, 7) is 3.73. The van der Waals surface area contributed by atoms with Crippen LogP contribution in [0.4, 0.5) is 0 Å². The minimum Gasteiger partial charge on any atom is -0.497 e. The van der Waals surface area contributed by atoms with Crippen molar-refractivity contribution in [2.24, 2.45) is 0 Å². The predicted molar refractivity (Wildman–Crippen MR) is 74.8 cm³/mol. The second kappa shape index (κ2) is 6.52. The highest BCUT2D eigenvalue weighted by atomic mass is 16.5. The van der Waals surface area contributed by atoms with Crippen LogP contribution in [-0.4, -0.2) is 28.5 Å². The Balaban J connectivity index is 2.12. The van der Waals surface area contributed by atoms with Crippen molar-refractivity contribution in [3.05, 3.63) is 41.5 Å². The summed E-state index contributed by atoms with van der Waals surface area (Å²) >= 11 is 0. The molecule has 0 radical (unpaired) electrons. The lowest BCUT2D eigenvalue weighted by molar-refractivity contribution is 0.141. The summed E-state index contributed by atoms with van der Waals surface area (Å²) in [5.74, 6) is 1.82. The lowest BCUT2D eigenvalue weighted by Gasteiger charge is -2.12. The zero-order valence-corrected chi connectivity index (χ0v) is 12.0. The molecule has 20 heavy (non-hydrogen) atoms. The monoisotopic (exact) mass is 276 g/mol. The number of nitrogens with zero attached hydrogens (tertiary/aromatic N) is 2. The Morgan fingerprint density at radius 2 is 2.20 bits per heavy atom. The maximum absolute atomic E-state index is 9.69. The van der Waals surface area contributed by atoms with Gasteiger partial charge in [-0.1, -0.05) is 24.2 Å². The van der Waals surface area contributed by atoms with E-state index in [2.05, 4.69) is 10.1 Å². The summed E-state index contributed by atoms with van der Waals surface area (Å²) in [6, 6.07) is 7.76. The van der Waals surface area contributed by atoms with Crippen LogP contribution < -0.4 is 4.74 Å². The lowest BCUT2D eigenvalue weighted by Crippen LogP contribution is -2.14. The van der Waals surface area contributed by atoms with E-state index in [0.717, 1.165) is 17.7 Å². The Hall–Kier alpha value is -1.88. The van der Waals surface area contributed by atoms with E-state index >= 15 is 0 Å². The first kappa shape index (κ1) is 14.5. The van der Waals surface area contributed by atoms with Gasteiger partial charge in [0, 0.05) is 6.42 Å². The number of methoxy groups -OCH3 is 1. The molecule has 0 bridgehead atoms. The van der Waals surface area contributed by atoms with E-state index in [-0.39, 0.29) is 5.92 Å². The maximum Gasteiger partial charge on any atom is 0.232 e. The topological polar surface area (TPSA) is 68.4 Å². The molecule has 0 aliphatic heterocycles. The summed E-state index contributed by atoms with van der Waals surface area (Å²) < 4.78 is 10.4. The van der Waals surface area contributed by atoms with Crippen molar-refractivity contribution in [2.45, 2.75) is 38.7 Å². The van der Waals surface area contributed by atoms with Crippen LogP contribution in [0.1, 0.15) is 43.5 Å². The van der Waals surface area contributed by atoms with Gasteiger partial charge in [0.25, 0.3) is 0 Å². The molecule has 0 aliphatic rings. The van der Waals surface area contributed by atoms with Crippen LogP contribution in [0.3, 0.4) is 0 Å². The standard InChI is InChI=1S/C15H20N2O3/c1-4-13(10(2)18)15-16-14(17-20-15)9-11-6-5-7-12(8-11)19-3/h5-8,10,13,18H,4,9H2,1-3H3. The van der Waals surface area contributed by atoms with Gasteiger partial charge in [-0.25, -0.2) is 0 Å². The molecule has 5 nitrogen and oxygen atoms in total. The van der Waals surface area contributed by atoms with Crippen molar-refractivity contribution >= 4 is 0 Å². The van der Waals surface area contributed by atoms with Crippen molar-refractivity contribution in [1.82, 2.24) is 10.1 Å². The van der Waals surface area contributed by atoms with E-state index in [9.17, 15) is 5.11 Å². The molecule has 0 saturated carbocycles. The average molecular weight is 276 g/mol. The molecule has 2 rings (SSSR count). The fourth-order valence-electron chi connectivity index (χ4n) is 2.18. The molecular formula is C15H20N2O3. The van der Waals surface area contributed by atoms with Crippen molar-refractivity contribution in [3.8, 4) is 5.75 Å². The molecule has 108 valence electrons. The van der Waals surface area contributed by atoms with Gasteiger partial charge < -0.3 is 14.4 Å². The van der Waals surface area contributed by atoms with Crippen molar-refractivity contribution in [1.29, 1.82) is 0 Å². The number of aromatic nitrogens is 2. The number of hydrogen-bond acceptors (Lipinski definition) is 5. The zero-order chi connectivity index (χ0) is 14.5. The molecule has 2 unspecified atom stereocenters. The maximum atomic E-state index is 9.69. The van der Waals surface area contributed by atoms with Crippen LogP contribution in [0.2, 0.25) is 0 Å². The molecule has 1 N–H and O–H groups in total. The highest BCUT2D eigenvalue weighted by Gasteiger charge is 2.22. The molecule has 1 aromatic carbocycles. The third kappa shape index (κ3) is 3.36. The summed E-state index contributed by atoms with van der Waals surface area (Å²) in [4.78, 5) is 4.37. The van der Waals surface area contributed by atoms with Crippen LogP contribution in [0.25, 0.3) is 0 Å². The molecule has 0 aliphatic carbocycles. The summed E-state index contributed by atoms with van der Waals surface area (Å²) in [5.41, 5.74) is 1.06. The van der Waals surface area contributed by atoms with Gasteiger partial charge in [0.2, 0.25) is 5.89 Å². The van der Waals surface area contributed by atoms with E-state index in [4.69, 9.17) is 9.26 Å². The van der Waals surface area contributed by atoms with Crippen molar-refractivity contribution in [3.63, 3.8) is 0 Å². The van der Waals surface area contributed by atoms with Gasteiger partial charge in [0.05, 0.1) is 19.1 Å². The largest absolute Gasteiger partial charge is 0.497 e. The zero-order valence-electron chi connectivity index (χ0n) is 12.0. The van der Waals surface area contributed by atoms with Gasteiger partial charge in [0.15, 0.2) is 5.82 Å². The minimum atomic E-state index is -0.495. The third-order valence-corrected chi connectivity index (χ3v) is 3.32. The fraction of sp³-hybridized carbons (Fsp3) is 0.467. The molecule has 0 spiro atoms. The lowest BCUT2D eigenvalue weighted by atomic mass is 10.0. The van der Waals surface area contributed by atoms with Gasteiger partial charge in [-0.15, -0.1) is 0 Å². The third-order valence-electron chi connectivity index (χ3n) is 3.32. The van der Waals surface area contributed by atoms with Gasteiger partial charge in [-0.2, -0.15) is 4.98 Å². The number of rotatable bonds is 6. The Morgan fingerprint density at radius 1 is 1.40 bits per heavy atom. The Morgan fingerprint density at radius 3 is 2.85 bits per heavy atom. The number of hydrogen-bond donors (Lipinski definition) is 1. The molecule has 0 fully saturated rings. The number of ether oxygens (including phenoxy) is 1. The van der Waals surface area contributed by atoms with E-state index in [1.165, 1.54) is 0 Å².